The van der Waals surface area contributed by atoms with Gasteiger partial charge in [0.2, 0.25) is 0 Å². The van der Waals surface area contributed by atoms with E-state index in [0.717, 1.165) is 5.56 Å². The Kier molecular flexibility index (Phi) is 3.68. The molecule has 2 aromatic rings. The minimum atomic E-state index is -0.378. The summed E-state index contributed by atoms with van der Waals surface area (Å²) < 4.78 is 14.0. The van der Waals surface area contributed by atoms with Crippen LogP contribution in [0.4, 0.5) is 4.39 Å². The van der Waals surface area contributed by atoms with Crippen molar-refractivity contribution in [2.24, 2.45) is 0 Å². The molecule has 0 aliphatic carbocycles. The summed E-state index contributed by atoms with van der Waals surface area (Å²) in [7, 11) is 0. The van der Waals surface area contributed by atoms with Crippen LogP contribution in [-0.4, -0.2) is 5.78 Å². The largest absolute Gasteiger partial charge is 0.289 e. The molecule has 2 rings (SSSR count). The fraction of sp³-hybridized carbons (Fsp3) is 0.0625. The van der Waals surface area contributed by atoms with Crippen LogP contribution in [0.5, 0.6) is 0 Å². The van der Waals surface area contributed by atoms with E-state index in [1.807, 2.05) is 30.3 Å². The smallest absolute Gasteiger partial charge is 0.185 e. The zero-order valence-corrected chi connectivity index (χ0v) is 10.1. The molecule has 0 saturated heterocycles. The van der Waals surface area contributed by atoms with Crippen LogP contribution >= 0.6 is 0 Å². The summed E-state index contributed by atoms with van der Waals surface area (Å²) in [4.78, 5) is 11.6. The van der Waals surface area contributed by atoms with Crippen molar-refractivity contribution in [2.75, 3.05) is 0 Å². The van der Waals surface area contributed by atoms with Crippen LogP contribution in [0.3, 0.4) is 0 Å². The van der Waals surface area contributed by atoms with Crippen LogP contribution in [0, 0.1) is 5.82 Å². The highest BCUT2D eigenvalue weighted by molar-refractivity contribution is 6.04. The Morgan fingerprint density at radius 2 is 1.83 bits per heavy atom. The van der Waals surface area contributed by atoms with E-state index in [2.05, 4.69) is 0 Å². The van der Waals surface area contributed by atoms with Gasteiger partial charge in [0.15, 0.2) is 5.78 Å². The van der Waals surface area contributed by atoms with E-state index in [9.17, 15) is 9.18 Å². The Morgan fingerprint density at radius 3 is 2.44 bits per heavy atom. The maximum atomic E-state index is 14.0. The second kappa shape index (κ2) is 5.41. The lowest BCUT2D eigenvalue weighted by molar-refractivity contribution is 0.104. The van der Waals surface area contributed by atoms with Crippen molar-refractivity contribution in [3.63, 3.8) is 0 Å². The summed E-state index contributed by atoms with van der Waals surface area (Å²) in [6.45, 7) is 1.76. The van der Waals surface area contributed by atoms with E-state index >= 15 is 0 Å². The third-order valence-corrected chi connectivity index (χ3v) is 2.66. The van der Waals surface area contributed by atoms with Gasteiger partial charge in [-0.1, -0.05) is 48.5 Å². The molecule has 0 bridgehead atoms. The SMILES string of the molecule is C/C=C/C(=O)c1ccc(-c2ccccc2)c(F)c1. The average molecular weight is 240 g/mol. The first-order valence-corrected chi connectivity index (χ1v) is 5.74. The second-order valence-electron chi connectivity index (χ2n) is 3.92. The molecule has 0 unspecified atom stereocenters. The molecule has 0 amide bonds. The van der Waals surface area contributed by atoms with E-state index in [4.69, 9.17) is 0 Å². The zero-order valence-electron chi connectivity index (χ0n) is 10.1. The first-order valence-electron chi connectivity index (χ1n) is 5.74. The summed E-state index contributed by atoms with van der Waals surface area (Å²) in [5, 5.41) is 0. The Hall–Kier alpha value is -2.22. The van der Waals surface area contributed by atoms with Gasteiger partial charge in [-0.05, 0) is 24.6 Å². The lowest BCUT2D eigenvalue weighted by Gasteiger charge is -2.04. The Bertz CT molecular complexity index is 585. The highest BCUT2D eigenvalue weighted by atomic mass is 19.1. The number of benzene rings is 2. The second-order valence-corrected chi connectivity index (χ2v) is 3.92. The number of ketones is 1. The molecular weight excluding hydrogens is 227 g/mol. The van der Waals surface area contributed by atoms with Gasteiger partial charge in [-0.25, -0.2) is 4.39 Å². The lowest BCUT2D eigenvalue weighted by atomic mass is 10.0. The molecule has 0 spiro atoms. The fourth-order valence-corrected chi connectivity index (χ4v) is 1.77. The van der Waals surface area contributed by atoms with Gasteiger partial charge in [-0.3, -0.25) is 4.79 Å². The minimum absolute atomic E-state index is 0.184. The van der Waals surface area contributed by atoms with E-state index in [0.29, 0.717) is 11.1 Å². The first-order chi connectivity index (χ1) is 8.72. The summed E-state index contributed by atoms with van der Waals surface area (Å²) in [6.07, 6.45) is 3.07. The van der Waals surface area contributed by atoms with Crippen LogP contribution in [0.1, 0.15) is 17.3 Å². The number of carbonyl (C=O) groups is 1. The van der Waals surface area contributed by atoms with Gasteiger partial charge in [0.25, 0.3) is 0 Å². The molecule has 2 aromatic carbocycles. The van der Waals surface area contributed by atoms with Gasteiger partial charge in [0.1, 0.15) is 5.82 Å². The zero-order chi connectivity index (χ0) is 13.0. The van der Waals surface area contributed by atoms with E-state index in [1.165, 1.54) is 12.1 Å². The molecule has 2 heteroatoms. The summed E-state index contributed by atoms with van der Waals surface area (Å²) in [5.74, 6) is -0.562. The maximum absolute atomic E-state index is 14.0. The standard InChI is InChI=1S/C16H13FO/c1-2-6-16(18)13-9-10-14(15(17)11-13)12-7-4-3-5-8-12/h2-11H,1H3/b6-2+. The molecule has 0 aromatic heterocycles. The minimum Gasteiger partial charge on any atom is -0.289 e. The number of carbonyl (C=O) groups excluding carboxylic acids is 1. The van der Waals surface area contributed by atoms with Crippen LogP contribution in [-0.2, 0) is 0 Å². The Labute approximate surface area is 106 Å². The predicted octanol–water partition coefficient (Wildman–Crippen LogP) is 4.25. The van der Waals surface area contributed by atoms with Crippen molar-refractivity contribution < 1.29 is 9.18 Å². The van der Waals surface area contributed by atoms with E-state index < -0.39 is 0 Å². The number of rotatable bonds is 3. The number of hydrogen-bond acceptors (Lipinski definition) is 1. The number of allylic oxidation sites excluding steroid dienone is 2. The summed E-state index contributed by atoms with van der Waals surface area (Å²) in [5.41, 5.74) is 1.68. The first kappa shape index (κ1) is 12.2. The molecule has 0 saturated carbocycles. The molecule has 0 aliphatic heterocycles. The molecule has 0 atom stereocenters. The molecule has 0 heterocycles. The fourth-order valence-electron chi connectivity index (χ4n) is 1.77. The van der Waals surface area contributed by atoms with Gasteiger partial charge in [0.05, 0.1) is 0 Å². The Morgan fingerprint density at radius 1 is 1.11 bits per heavy atom. The van der Waals surface area contributed by atoms with Crippen molar-refractivity contribution in [3.05, 3.63) is 72.1 Å². The normalized spacial score (nSPS) is 10.8. The highest BCUT2D eigenvalue weighted by Crippen LogP contribution is 2.23. The molecule has 0 aliphatic rings. The van der Waals surface area contributed by atoms with Gasteiger partial charge in [-0.2, -0.15) is 0 Å². The maximum Gasteiger partial charge on any atom is 0.185 e. The Balaban J connectivity index is 2.40. The quantitative estimate of drug-likeness (QED) is 0.579. The predicted molar refractivity (Wildman–Crippen MR) is 71.0 cm³/mol. The van der Waals surface area contributed by atoms with Crippen molar-refractivity contribution in [1.29, 1.82) is 0 Å². The summed E-state index contributed by atoms with van der Waals surface area (Å²) in [6, 6.07) is 13.8. The van der Waals surface area contributed by atoms with Crippen molar-refractivity contribution in [3.8, 4) is 11.1 Å². The van der Waals surface area contributed by atoms with Gasteiger partial charge < -0.3 is 0 Å². The highest BCUT2D eigenvalue weighted by Gasteiger charge is 2.08. The third-order valence-electron chi connectivity index (χ3n) is 2.66. The third kappa shape index (κ3) is 2.54. The molecule has 0 radical (unpaired) electrons. The molecule has 1 nitrogen and oxygen atoms in total. The average Bonchev–Trinajstić information content (AvgIpc) is 2.40. The van der Waals surface area contributed by atoms with Crippen LogP contribution < -0.4 is 0 Å². The van der Waals surface area contributed by atoms with Gasteiger partial charge in [-0.15, -0.1) is 0 Å². The molecule has 90 valence electrons. The van der Waals surface area contributed by atoms with Gasteiger partial charge in [0, 0.05) is 11.1 Å². The molecule has 0 N–H and O–H groups in total. The monoisotopic (exact) mass is 240 g/mol. The molecular formula is C16H13FO. The number of hydrogen-bond donors (Lipinski definition) is 0. The molecule has 18 heavy (non-hydrogen) atoms. The van der Waals surface area contributed by atoms with Crippen molar-refractivity contribution in [1.82, 2.24) is 0 Å². The van der Waals surface area contributed by atoms with Crippen LogP contribution in [0.2, 0.25) is 0 Å². The van der Waals surface area contributed by atoms with Gasteiger partial charge >= 0.3 is 0 Å². The summed E-state index contributed by atoms with van der Waals surface area (Å²) >= 11 is 0. The lowest BCUT2D eigenvalue weighted by Crippen LogP contribution is -1.96. The van der Waals surface area contributed by atoms with Crippen LogP contribution in [0.25, 0.3) is 11.1 Å². The van der Waals surface area contributed by atoms with E-state index in [-0.39, 0.29) is 11.6 Å². The topological polar surface area (TPSA) is 17.1 Å². The molecule has 0 fully saturated rings. The van der Waals surface area contributed by atoms with Crippen molar-refractivity contribution >= 4 is 5.78 Å². The van der Waals surface area contributed by atoms with Crippen molar-refractivity contribution in [2.45, 2.75) is 6.92 Å². The number of halogens is 1. The van der Waals surface area contributed by atoms with Crippen LogP contribution in [0.15, 0.2) is 60.7 Å². The van der Waals surface area contributed by atoms with E-state index in [1.54, 1.807) is 25.1 Å².